The molecule has 1 heterocycles. The SMILES string of the molecule is CN(C)CCn1cccc(-c2ccc(C(=O)O)cc2)c1=O. The minimum absolute atomic E-state index is 0.0672. The van der Waals surface area contributed by atoms with E-state index >= 15 is 0 Å². The van der Waals surface area contributed by atoms with Gasteiger partial charge in [0.05, 0.1) is 5.56 Å². The van der Waals surface area contributed by atoms with E-state index in [2.05, 4.69) is 0 Å². The third-order valence-corrected chi connectivity index (χ3v) is 3.25. The predicted octanol–water partition coefficient (Wildman–Crippen LogP) is 1.78. The second-order valence-corrected chi connectivity index (χ2v) is 5.11. The Bertz CT molecular complexity index is 687. The summed E-state index contributed by atoms with van der Waals surface area (Å²) >= 11 is 0. The number of carbonyl (C=O) groups is 1. The van der Waals surface area contributed by atoms with E-state index in [-0.39, 0.29) is 11.1 Å². The number of pyridine rings is 1. The van der Waals surface area contributed by atoms with Crippen LogP contribution in [-0.2, 0) is 6.54 Å². The molecule has 0 aliphatic heterocycles. The third-order valence-electron chi connectivity index (χ3n) is 3.25. The van der Waals surface area contributed by atoms with Crippen LogP contribution in [0.15, 0.2) is 47.4 Å². The molecule has 0 amide bonds. The molecule has 0 saturated carbocycles. The highest BCUT2D eigenvalue weighted by atomic mass is 16.4. The molecule has 1 aromatic heterocycles. The van der Waals surface area contributed by atoms with Crippen LogP contribution in [0.4, 0.5) is 0 Å². The van der Waals surface area contributed by atoms with E-state index in [1.807, 2.05) is 25.1 Å². The van der Waals surface area contributed by atoms with Gasteiger partial charge >= 0.3 is 5.97 Å². The van der Waals surface area contributed by atoms with E-state index in [1.165, 1.54) is 12.1 Å². The van der Waals surface area contributed by atoms with Gasteiger partial charge in [0.25, 0.3) is 5.56 Å². The molecule has 5 heteroatoms. The van der Waals surface area contributed by atoms with Gasteiger partial charge in [0, 0.05) is 24.8 Å². The molecular weight excluding hydrogens is 268 g/mol. The highest BCUT2D eigenvalue weighted by Gasteiger charge is 2.08. The van der Waals surface area contributed by atoms with Crippen molar-refractivity contribution in [3.8, 4) is 11.1 Å². The minimum Gasteiger partial charge on any atom is -0.478 e. The summed E-state index contributed by atoms with van der Waals surface area (Å²) in [5.41, 5.74) is 1.45. The standard InChI is InChI=1S/C16H18N2O3/c1-17(2)10-11-18-9-3-4-14(15(18)19)12-5-7-13(8-6-12)16(20)21/h3-9H,10-11H2,1-2H3,(H,20,21). The van der Waals surface area contributed by atoms with Gasteiger partial charge in [0.1, 0.15) is 0 Å². The van der Waals surface area contributed by atoms with Crippen molar-refractivity contribution in [2.24, 2.45) is 0 Å². The summed E-state index contributed by atoms with van der Waals surface area (Å²) in [4.78, 5) is 25.3. The van der Waals surface area contributed by atoms with Crippen LogP contribution in [0.2, 0.25) is 0 Å². The summed E-state index contributed by atoms with van der Waals surface area (Å²) in [6.07, 6.45) is 1.76. The van der Waals surface area contributed by atoms with E-state index in [0.717, 1.165) is 12.1 Å². The van der Waals surface area contributed by atoms with Gasteiger partial charge < -0.3 is 14.6 Å². The number of hydrogen-bond acceptors (Lipinski definition) is 3. The molecule has 0 saturated heterocycles. The zero-order valence-corrected chi connectivity index (χ0v) is 12.1. The Kier molecular flexibility index (Phi) is 4.55. The lowest BCUT2D eigenvalue weighted by Crippen LogP contribution is -2.26. The number of rotatable bonds is 5. The maximum atomic E-state index is 12.4. The fraction of sp³-hybridized carbons (Fsp3) is 0.250. The van der Waals surface area contributed by atoms with Gasteiger partial charge in [-0.25, -0.2) is 4.79 Å². The maximum Gasteiger partial charge on any atom is 0.335 e. The molecule has 0 aliphatic carbocycles. The minimum atomic E-state index is -0.974. The molecule has 5 nitrogen and oxygen atoms in total. The number of carboxylic acids is 1. The first kappa shape index (κ1) is 15.0. The molecule has 0 unspecified atom stereocenters. The zero-order valence-electron chi connectivity index (χ0n) is 12.1. The summed E-state index contributed by atoms with van der Waals surface area (Å²) in [5, 5.41) is 8.90. The average molecular weight is 286 g/mol. The van der Waals surface area contributed by atoms with Crippen LogP contribution in [0.25, 0.3) is 11.1 Å². The van der Waals surface area contributed by atoms with Crippen molar-refractivity contribution in [1.82, 2.24) is 9.47 Å². The first-order chi connectivity index (χ1) is 9.99. The fourth-order valence-corrected chi connectivity index (χ4v) is 2.03. The van der Waals surface area contributed by atoms with E-state index in [4.69, 9.17) is 5.11 Å². The lowest BCUT2D eigenvalue weighted by molar-refractivity contribution is 0.0697. The molecule has 110 valence electrons. The van der Waals surface area contributed by atoms with Crippen molar-refractivity contribution < 1.29 is 9.90 Å². The topological polar surface area (TPSA) is 62.5 Å². The maximum absolute atomic E-state index is 12.4. The average Bonchev–Trinajstić information content (AvgIpc) is 2.46. The van der Waals surface area contributed by atoms with Crippen LogP contribution >= 0.6 is 0 Å². The van der Waals surface area contributed by atoms with Crippen molar-refractivity contribution in [3.63, 3.8) is 0 Å². The van der Waals surface area contributed by atoms with E-state index in [0.29, 0.717) is 12.1 Å². The molecule has 0 spiro atoms. The van der Waals surface area contributed by atoms with Crippen LogP contribution < -0.4 is 5.56 Å². The molecule has 0 aliphatic rings. The monoisotopic (exact) mass is 286 g/mol. The number of nitrogens with zero attached hydrogens (tertiary/aromatic N) is 2. The Hall–Kier alpha value is -2.40. The number of benzene rings is 1. The molecule has 1 aromatic carbocycles. The second kappa shape index (κ2) is 6.37. The van der Waals surface area contributed by atoms with Crippen molar-refractivity contribution in [2.45, 2.75) is 6.54 Å². The summed E-state index contributed by atoms with van der Waals surface area (Å²) < 4.78 is 1.67. The number of hydrogen-bond donors (Lipinski definition) is 1. The lowest BCUT2D eigenvalue weighted by atomic mass is 10.1. The zero-order chi connectivity index (χ0) is 15.4. The number of likely N-dealkylation sites (N-methyl/N-ethyl adjacent to an activating group) is 1. The molecule has 2 rings (SSSR count). The summed E-state index contributed by atoms with van der Waals surface area (Å²) in [7, 11) is 3.92. The fourth-order valence-electron chi connectivity index (χ4n) is 2.03. The first-order valence-corrected chi connectivity index (χ1v) is 6.67. The normalized spacial score (nSPS) is 10.8. The number of carboxylic acid groups (broad SMARTS) is 1. The van der Waals surface area contributed by atoms with Crippen LogP contribution in [0, 0.1) is 0 Å². The van der Waals surface area contributed by atoms with Crippen LogP contribution in [-0.4, -0.2) is 41.2 Å². The summed E-state index contributed by atoms with van der Waals surface area (Å²) in [6.45, 7) is 1.40. The Morgan fingerprint density at radius 1 is 1.19 bits per heavy atom. The second-order valence-electron chi connectivity index (χ2n) is 5.11. The largest absolute Gasteiger partial charge is 0.478 e. The highest BCUT2D eigenvalue weighted by Crippen LogP contribution is 2.16. The van der Waals surface area contributed by atoms with Crippen LogP contribution in [0.5, 0.6) is 0 Å². The van der Waals surface area contributed by atoms with Gasteiger partial charge in [0.2, 0.25) is 0 Å². The summed E-state index contributed by atoms with van der Waals surface area (Å²) in [6, 6.07) is 9.93. The number of aromatic nitrogens is 1. The van der Waals surface area contributed by atoms with Gasteiger partial charge in [-0.2, -0.15) is 0 Å². The Morgan fingerprint density at radius 3 is 2.43 bits per heavy atom. The molecule has 1 N–H and O–H groups in total. The molecule has 0 fully saturated rings. The van der Waals surface area contributed by atoms with Crippen LogP contribution in [0.1, 0.15) is 10.4 Å². The van der Waals surface area contributed by atoms with Gasteiger partial charge in [-0.05, 0) is 43.9 Å². The Labute approximate surface area is 123 Å². The first-order valence-electron chi connectivity index (χ1n) is 6.67. The van der Waals surface area contributed by atoms with E-state index < -0.39 is 5.97 Å². The van der Waals surface area contributed by atoms with E-state index in [9.17, 15) is 9.59 Å². The third kappa shape index (κ3) is 3.58. The van der Waals surface area contributed by atoms with Crippen molar-refractivity contribution in [2.75, 3.05) is 20.6 Å². The number of aromatic carboxylic acids is 1. The Morgan fingerprint density at radius 2 is 1.86 bits per heavy atom. The van der Waals surface area contributed by atoms with Crippen LogP contribution in [0.3, 0.4) is 0 Å². The molecule has 0 atom stereocenters. The smallest absolute Gasteiger partial charge is 0.335 e. The van der Waals surface area contributed by atoms with Gasteiger partial charge in [0.15, 0.2) is 0 Å². The molecule has 21 heavy (non-hydrogen) atoms. The molecular formula is C16H18N2O3. The van der Waals surface area contributed by atoms with Gasteiger partial charge in [-0.15, -0.1) is 0 Å². The van der Waals surface area contributed by atoms with Gasteiger partial charge in [-0.3, -0.25) is 4.79 Å². The lowest BCUT2D eigenvalue weighted by Gasteiger charge is -2.12. The van der Waals surface area contributed by atoms with Crippen molar-refractivity contribution >= 4 is 5.97 Å². The molecule has 0 radical (unpaired) electrons. The predicted molar refractivity (Wildman–Crippen MR) is 81.7 cm³/mol. The summed E-state index contributed by atoms with van der Waals surface area (Å²) in [5.74, 6) is -0.974. The molecule has 2 aromatic rings. The van der Waals surface area contributed by atoms with Crippen molar-refractivity contribution in [3.05, 3.63) is 58.5 Å². The molecule has 0 bridgehead atoms. The van der Waals surface area contributed by atoms with E-state index in [1.54, 1.807) is 29.0 Å². The Balaban J connectivity index is 2.33. The van der Waals surface area contributed by atoms with Gasteiger partial charge in [-0.1, -0.05) is 12.1 Å². The highest BCUT2D eigenvalue weighted by molar-refractivity contribution is 5.88. The quantitative estimate of drug-likeness (QED) is 0.910. The van der Waals surface area contributed by atoms with Crippen molar-refractivity contribution in [1.29, 1.82) is 0 Å².